The van der Waals surface area contributed by atoms with E-state index < -0.39 is 0 Å². The summed E-state index contributed by atoms with van der Waals surface area (Å²) in [5.41, 5.74) is 5.35. The number of hydrogen-bond acceptors (Lipinski definition) is 1. The fraction of sp³-hybridized carbons (Fsp3) is 0.417. The summed E-state index contributed by atoms with van der Waals surface area (Å²) in [6.07, 6.45) is 3.27. The highest BCUT2D eigenvalue weighted by Gasteiger charge is 2.12. The van der Waals surface area contributed by atoms with Crippen molar-refractivity contribution in [2.45, 2.75) is 33.1 Å². The van der Waals surface area contributed by atoms with Crippen molar-refractivity contribution in [3.05, 3.63) is 29.3 Å². The fourth-order valence-electron chi connectivity index (χ4n) is 1.74. The Morgan fingerprint density at radius 2 is 2.08 bits per heavy atom. The van der Waals surface area contributed by atoms with Crippen LogP contribution >= 0.6 is 0 Å². The first kappa shape index (κ1) is 8.49. The second-order valence-corrected chi connectivity index (χ2v) is 3.52. The summed E-state index contributed by atoms with van der Waals surface area (Å²) in [6, 6.07) is 6.62. The van der Waals surface area contributed by atoms with Crippen molar-refractivity contribution in [1.29, 1.82) is 0 Å². The van der Waals surface area contributed by atoms with Gasteiger partial charge in [-0.2, -0.15) is 0 Å². The minimum atomic E-state index is 1.07. The molecule has 1 aliphatic heterocycles. The van der Waals surface area contributed by atoms with Gasteiger partial charge < -0.3 is 0 Å². The van der Waals surface area contributed by atoms with Crippen molar-refractivity contribution >= 4 is 11.4 Å². The van der Waals surface area contributed by atoms with Gasteiger partial charge in [-0.1, -0.05) is 26.0 Å². The second-order valence-electron chi connectivity index (χ2n) is 3.52. The van der Waals surface area contributed by atoms with Gasteiger partial charge in [-0.05, 0) is 30.0 Å². The summed E-state index contributed by atoms with van der Waals surface area (Å²) in [5, 5.41) is 0. The molecule has 1 heterocycles. The summed E-state index contributed by atoms with van der Waals surface area (Å²) in [6.45, 7) is 4.36. The smallest absolute Gasteiger partial charge is 0.0665 e. The van der Waals surface area contributed by atoms with E-state index in [2.05, 4.69) is 37.0 Å². The minimum absolute atomic E-state index is 1.07. The van der Waals surface area contributed by atoms with Crippen molar-refractivity contribution in [3.63, 3.8) is 0 Å². The molecule has 0 bridgehead atoms. The molecule has 0 unspecified atom stereocenters. The van der Waals surface area contributed by atoms with Crippen molar-refractivity contribution in [3.8, 4) is 0 Å². The number of nitrogens with zero attached hydrogens (tertiary/aromatic N) is 1. The number of rotatable bonds is 2. The van der Waals surface area contributed by atoms with Crippen molar-refractivity contribution in [2.24, 2.45) is 4.99 Å². The fourth-order valence-corrected chi connectivity index (χ4v) is 1.74. The van der Waals surface area contributed by atoms with Gasteiger partial charge in [0.15, 0.2) is 0 Å². The highest BCUT2D eigenvalue weighted by atomic mass is 14.8. The molecule has 0 N–H and O–H groups in total. The Hall–Kier alpha value is -1.11. The molecule has 1 aromatic rings. The van der Waals surface area contributed by atoms with Crippen LogP contribution in [0.15, 0.2) is 23.2 Å². The highest BCUT2D eigenvalue weighted by molar-refractivity contribution is 5.93. The molecule has 1 aromatic carbocycles. The summed E-state index contributed by atoms with van der Waals surface area (Å²) >= 11 is 0. The Morgan fingerprint density at radius 1 is 1.23 bits per heavy atom. The van der Waals surface area contributed by atoms with E-state index >= 15 is 0 Å². The maximum absolute atomic E-state index is 4.56. The molecular weight excluding hydrogens is 158 g/mol. The van der Waals surface area contributed by atoms with Crippen LogP contribution in [0.5, 0.6) is 0 Å². The van der Waals surface area contributed by atoms with Crippen LogP contribution in [0.2, 0.25) is 0 Å². The zero-order valence-electron chi connectivity index (χ0n) is 8.30. The number of hydrogen-bond donors (Lipinski definition) is 0. The standard InChI is InChI=1S/C12H15N/c1-3-9-5-6-12-10(7-9)8-11(4-2)13-12/h5-7H,3-4,8H2,1-2H3. The lowest BCUT2D eigenvalue weighted by molar-refractivity contribution is 1.13. The van der Waals surface area contributed by atoms with Gasteiger partial charge in [0.1, 0.15) is 0 Å². The Labute approximate surface area is 79.5 Å². The average Bonchev–Trinajstić information content (AvgIpc) is 2.58. The molecule has 1 heteroatoms. The van der Waals surface area contributed by atoms with Gasteiger partial charge in [0.05, 0.1) is 5.69 Å². The molecule has 0 fully saturated rings. The molecule has 0 radical (unpaired) electrons. The van der Waals surface area contributed by atoms with Crippen LogP contribution in [0, 0.1) is 0 Å². The first-order chi connectivity index (χ1) is 6.33. The quantitative estimate of drug-likeness (QED) is 0.650. The second kappa shape index (κ2) is 3.33. The van der Waals surface area contributed by atoms with Gasteiger partial charge >= 0.3 is 0 Å². The predicted molar refractivity (Wildman–Crippen MR) is 56.9 cm³/mol. The maximum atomic E-state index is 4.56. The van der Waals surface area contributed by atoms with Crippen LogP contribution < -0.4 is 0 Å². The summed E-state index contributed by atoms with van der Waals surface area (Å²) in [5.74, 6) is 0. The molecule has 0 aromatic heterocycles. The van der Waals surface area contributed by atoms with E-state index in [1.165, 1.54) is 22.5 Å². The van der Waals surface area contributed by atoms with Crippen LogP contribution in [0.4, 0.5) is 5.69 Å². The Balaban J connectivity index is 2.33. The Bertz CT molecular complexity index is 350. The molecule has 0 saturated carbocycles. The maximum Gasteiger partial charge on any atom is 0.0665 e. The third-order valence-corrected chi connectivity index (χ3v) is 2.63. The van der Waals surface area contributed by atoms with E-state index in [0.29, 0.717) is 0 Å². The third kappa shape index (κ3) is 1.51. The lowest BCUT2D eigenvalue weighted by Crippen LogP contribution is -1.94. The Kier molecular flexibility index (Phi) is 2.17. The number of aryl methyl sites for hydroxylation is 1. The predicted octanol–water partition coefficient (Wildman–Crippen LogP) is 3.29. The van der Waals surface area contributed by atoms with E-state index in [1.807, 2.05) is 0 Å². The van der Waals surface area contributed by atoms with Gasteiger partial charge in [-0.25, -0.2) is 0 Å². The molecule has 0 atom stereocenters. The monoisotopic (exact) mass is 173 g/mol. The number of benzene rings is 1. The van der Waals surface area contributed by atoms with Gasteiger partial charge in [0.2, 0.25) is 0 Å². The molecule has 0 spiro atoms. The van der Waals surface area contributed by atoms with Crippen LogP contribution in [-0.2, 0) is 12.8 Å². The SMILES string of the molecule is CCC1=Nc2ccc(CC)cc2C1. The average molecular weight is 173 g/mol. The zero-order chi connectivity index (χ0) is 9.26. The van der Waals surface area contributed by atoms with Gasteiger partial charge in [-0.3, -0.25) is 4.99 Å². The van der Waals surface area contributed by atoms with Crippen LogP contribution in [-0.4, -0.2) is 5.71 Å². The van der Waals surface area contributed by atoms with E-state index in [9.17, 15) is 0 Å². The first-order valence-corrected chi connectivity index (χ1v) is 5.01. The van der Waals surface area contributed by atoms with Crippen LogP contribution in [0.1, 0.15) is 31.4 Å². The molecule has 0 aliphatic carbocycles. The molecule has 0 saturated heterocycles. The van der Waals surface area contributed by atoms with Crippen LogP contribution in [0.3, 0.4) is 0 Å². The molecule has 1 aliphatic rings. The van der Waals surface area contributed by atoms with E-state index in [0.717, 1.165) is 19.3 Å². The minimum Gasteiger partial charge on any atom is -0.257 e. The summed E-state index contributed by atoms with van der Waals surface area (Å²) < 4.78 is 0. The summed E-state index contributed by atoms with van der Waals surface area (Å²) in [4.78, 5) is 4.56. The topological polar surface area (TPSA) is 12.4 Å². The highest BCUT2D eigenvalue weighted by Crippen LogP contribution is 2.28. The lowest BCUT2D eigenvalue weighted by atomic mass is 10.0. The van der Waals surface area contributed by atoms with Gasteiger partial charge in [0, 0.05) is 12.1 Å². The van der Waals surface area contributed by atoms with Gasteiger partial charge in [-0.15, -0.1) is 0 Å². The van der Waals surface area contributed by atoms with Gasteiger partial charge in [0.25, 0.3) is 0 Å². The first-order valence-electron chi connectivity index (χ1n) is 5.01. The number of aliphatic imine (C=N–C) groups is 1. The van der Waals surface area contributed by atoms with E-state index in [-0.39, 0.29) is 0 Å². The zero-order valence-corrected chi connectivity index (χ0v) is 8.30. The molecule has 13 heavy (non-hydrogen) atoms. The van der Waals surface area contributed by atoms with E-state index in [1.54, 1.807) is 0 Å². The molecule has 0 amide bonds. The third-order valence-electron chi connectivity index (χ3n) is 2.63. The summed E-state index contributed by atoms with van der Waals surface area (Å²) in [7, 11) is 0. The van der Waals surface area contributed by atoms with Crippen molar-refractivity contribution in [2.75, 3.05) is 0 Å². The molecule has 2 rings (SSSR count). The molecule has 68 valence electrons. The van der Waals surface area contributed by atoms with Crippen molar-refractivity contribution in [1.82, 2.24) is 0 Å². The molecule has 1 nitrogen and oxygen atoms in total. The van der Waals surface area contributed by atoms with E-state index in [4.69, 9.17) is 0 Å². The number of fused-ring (bicyclic) bond motifs is 1. The lowest BCUT2D eigenvalue weighted by Gasteiger charge is -1.99. The molecular formula is C12H15N. The largest absolute Gasteiger partial charge is 0.257 e. The Morgan fingerprint density at radius 3 is 2.77 bits per heavy atom. The van der Waals surface area contributed by atoms with Crippen LogP contribution in [0.25, 0.3) is 0 Å². The van der Waals surface area contributed by atoms with Crippen molar-refractivity contribution < 1.29 is 0 Å². The normalized spacial score (nSPS) is 14.2.